The average Bonchev–Trinajstić information content (AvgIpc) is 3.15. The van der Waals surface area contributed by atoms with Gasteiger partial charge in [0.1, 0.15) is 5.75 Å². The summed E-state index contributed by atoms with van der Waals surface area (Å²) in [7, 11) is -1.92. The van der Waals surface area contributed by atoms with Gasteiger partial charge in [0.15, 0.2) is 11.6 Å². The second-order valence-corrected chi connectivity index (χ2v) is 9.05. The molecular weight excluding hydrogens is 424 g/mol. The van der Waals surface area contributed by atoms with Crippen LogP contribution in [0.25, 0.3) is 0 Å². The Labute approximate surface area is 182 Å². The van der Waals surface area contributed by atoms with Gasteiger partial charge in [-0.2, -0.15) is 8.42 Å². The lowest BCUT2D eigenvalue weighted by atomic mass is 10.1. The maximum absolute atomic E-state index is 13.4. The lowest BCUT2D eigenvalue weighted by Gasteiger charge is -2.20. The van der Waals surface area contributed by atoms with E-state index in [0.717, 1.165) is 43.6 Å². The molecule has 1 aliphatic heterocycles. The third-order valence-corrected chi connectivity index (χ3v) is 6.46. The summed E-state index contributed by atoms with van der Waals surface area (Å²) in [5.41, 5.74) is 1.37. The highest BCUT2D eigenvalue weighted by atomic mass is 32.2. The van der Waals surface area contributed by atoms with E-state index in [4.69, 9.17) is 4.74 Å². The van der Waals surface area contributed by atoms with Crippen LogP contribution in [0.5, 0.6) is 5.75 Å². The first-order valence-corrected chi connectivity index (χ1v) is 11.5. The minimum atomic E-state index is -3.96. The monoisotopic (exact) mass is 451 g/mol. The third kappa shape index (κ3) is 5.95. The normalized spacial score (nSPS) is 13.4. The first kappa shape index (κ1) is 23.0. The van der Waals surface area contributed by atoms with Crippen LogP contribution in [-0.4, -0.2) is 46.6 Å². The molecule has 0 saturated heterocycles. The van der Waals surface area contributed by atoms with E-state index in [1.54, 1.807) is 12.1 Å². The number of fused-ring (bicyclic) bond motifs is 1. The molecule has 31 heavy (non-hydrogen) atoms. The second kappa shape index (κ2) is 10.1. The maximum Gasteiger partial charge on any atom is 0.323 e. The third-order valence-electron chi connectivity index (χ3n) is 5.00. The molecule has 2 aromatic carbocycles. The van der Waals surface area contributed by atoms with E-state index in [9.17, 15) is 17.2 Å². The number of nitrogens with zero attached hydrogens (tertiary/aromatic N) is 2. The molecule has 0 bridgehead atoms. The molecule has 0 aliphatic carbocycles. The number of halogens is 2. The van der Waals surface area contributed by atoms with Gasteiger partial charge in [0.2, 0.25) is 0 Å². The first-order chi connectivity index (χ1) is 14.8. The summed E-state index contributed by atoms with van der Waals surface area (Å²) in [5, 5.41) is 0. The summed E-state index contributed by atoms with van der Waals surface area (Å²) in [4.78, 5) is 2.19. The smallest absolute Gasteiger partial charge is 0.323 e. The average molecular weight is 452 g/mol. The summed E-state index contributed by atoms with van der Waals surface area (Å²) < 4.78 is 61.3. The molecule has 0 fully saturated rings. The molecule has 168 valence electrons. The van der Waals surface area contributed by atoms with Crippen molar-refractivity contribution in [2.45, 2.75) is 19.3 Å². The topological polar surface area (TPSA) is 61.9 Å². The van der Waals surface area contributed by atoms with Crippen molar-refractivity contribution >= 4 is 21.6 Å². The quantitative estimate of drug-likeness (QED) is 0.415. The van der Waals surface area contributed by atoms with Crippen LogP contribution in [0.2, 0.25) is 0 Å². The number of rotatable bonds is 11. The molecule has 1 aliphatic rings. The van der Waals surface area contributed by atoms with Crippen LogP contribution in [0.3, 0.4) is 0 Å². The summed E-state index contributed by atoms with van der Waals surface area (Å²) in [6.07, 6.45) is 4.34. The van der Waals surface area contributed by atoms with Gasteiger partial charge in [0, 0.05) is 19.2 Å². The van der Waals surface area contributed by atoms with Crippen LogP contribution >= 0.6 is 0 Å². The Hall–Kier alpha value is -2.65. The van der Waals surface area contributed by atoms with Crippen LogP contribution in [0.15, 0.2) is 49.1 Å². The summed E-state index contributed by atoms with van der Waals surface area (Å²) in [5.74, 6) is -1.45. The van der Waals surface area contributed by atoms with Crippen molar-refractivity contribution in [3.05, 3.63) is 66.3 Å². The molecule has 9 heteroatoms. The Bertz CT molecular complexity index is 1030. The van der Waals surface area contributed by atoms with Gasteiger partial charge in [0.25, 0.3) is 0 Å². The largest absolute Gasteiger partial charge is 0.494 e. The Morgan fingerprint density at radius 2 is 2.00 bits per heavy atom. The van der Waals surface area contributed by atoms with E-state index in [0.29, 0.717) is 24.5 Å². The minimum Gasteiger partial charge on any atom is -0.494 e. The molecule has 2 aromatic rings. The lowest BCUT2D eigenvalue weighted by Crippen LogP contribution is -2.34. The van der Waals surface area contributed by atoms with Crippen molar-refractivity contribution in [3.8, 4) is 5.75 Å². The second-order valence-electron chi connectivity index (χ2n) is 7.46. The Morgan fingerprint density at radius 3 is 2.74 bits per heavy atom. The van der Waals surface area contributed by atoms with Crippen molar-refractivity contribution in [2.24, 2.45) is 0 Å². The van der Waals surface area contributed by atoms with Crippen LogP contribution in [0.1, 0.15) is 18.4 Å². The highest BCUT2D eigenvalue weighted by Crippen LogP contribution is 2.33. The molecular formula is C22H27F2N3O3S. The fourth-order valence-corrected chi connectivity index (χ4v) is 4.74. The van der Waals surface area contributed by atoms with Gasteiger partial charge >= 0.3 is 10.2 Å². The highest BCUT2D eigenvalue weighted by Gasteiger charge is 2.30. The molecule has 0 unspecified atom stereocenters. The predicted molar refractivity (Wildman–Crippen MR) is 119 cm³/mol. The first-order valence-electron chi connectivity index (χ1n) is 10.1. The molecule has 1 N–H and O–H groups in total. The van der Waals surface area contributed by atoms with E-state index in [1.807, 2.05) is 19.2 Å². The minimum absolute atomic E-state index is 0.0361. The van der Waals surface area contributed by atoms with Crippen molar-refractivity contribution < 1.29 is 21.9 Å². The lowest BCUT2D eigenvalue weighted by molar-refractivity contribution is 0.287. The summed E-state index contributed by atoms with van der Waals surface area (Å²) >= 11 is 0. The molecule has 0 saturated carbocycles. The summed E-state index contributed by atoms with van der Waals surface area (Å²) in [6.45, 7) is 6.39. The van der Waals surface area contributed by atoms with Gasteiger partial charge < -0.3 is 9.64 Å². The van der Waals surface area contributed by atoms with Crippen molar-refractivity contribution in [2.75, 3.05) is 42.3 Å². The SMILES string of the molecule is C=CCN(C)CCCCOc1ccc2c(c1)CCN2S(=O)(=O)Nc1ccc(F)c(F)c1. The van der Waals surface area contributed by atoms with Gasteiger partial charge in [-0.05, 0) is 68.8 Å². The Morgan fingerprint density at radius 1 is 1.19 bits per heavy atom. The molecule has 0 radical (unpaired) electrons. The number of unbranched alkanes of at least 4 members (excludes halogenated alkanes) is 1. The van der Waals surface area contributed by atoms with E-state index < -0.39 is 21.8 Å². The Kier molecular flexibility index (Phi) is 7.50. The number of hydrogen-bond acceptors (Lipinski definition) is 4. The molecule has 0 atom stereocenters. The van der Waals surface area contributed by atoms with Crippen molar-refractivity contribution in [1.29, 1.82) is 0 Å². The number of anilines is 2. The Balaban J connectivity index is 1.58. The van der Waals surface area contributed by atoms with Crippen LogP contribution in [0, 0.1) is 11.6 Å². The zero-order valence-electron chi connectivity index (χ0n) is 17.5. The van der Waals surface area contributed by atoms with Crippen molar-refractivity contribution in [1.82, 2.24) is 4.90 Å². The fourth-order valence-electron chi connectivity index (χ4n) is 3.44. The maximum atomic E-state index is 13.4. The molecule has 3 rings (SSSR count). The molecule has 0 spiro atoms. The van der Waals surface area contributed by atoms with Crippen LogP contribution in [0.4, 0.5) is 20.2 Å². The highest BCUT2D eigenvalue weighted by molar-refractivity contribution is 7.94. The standard InChI is InChI=1S/C22H27F2N3O3S/c1-3-11-26(2)12-4-5-14-30-19-7-9-22-17(15-19)10-13-27(22)31(28,29)25-18-6-8-20(23)21(24)16-18/h3,6-9,15-16,25H,1,4-5,10-14H2,2H3. The van der Waals surface area contributed by atoms with Crippen LogP contribution in [-0.2, 0) is 16.6 Å². The molecule has 6 nitrogen and oxygen atoms in total. The van der Waals surface area contributed by atoms with Crippen LogP contribution < -0.4 is 13.8 Å². The van der Waals surface area contributed by atoms with E-state index in [-0.39, 0.29) is 12.2 Å². The number of benzene rings is 2. The zero-order chi connectivity index (χ0) is 22.4. The van der Waals surface area contributed by atoms with Gasteiger partial charge in [-0.3, -0.25) is 9.03 Å². The van der Waals surface area contributed by atoms with Gasteiger partial charge in [0.05, 0.1) is 18.0 Å². The molecule has 0 aromatic heterocycles. The number of likely N-dealkylation sites (N-methyl/N-ethyl adjacent to an activating group) is 1. The number of ether oxygens (including phenoxy) is 1. The number of nitrogens with one attached hydrogen (secondary N) is 1. The van der Waals surface area contributed by atoms with Gasteiger partial charge in [-0.15, -0.1) is 6.58 Å². The van der Waals surface area contributed by atoms with Gasteiger partial charge in [-0.1, -0.05) is 6.08 Å². The fraction of sp³-hybridized carbons (Fsp3) is 0.364. The van der Waals surface area contributed by atoms with Crippen molar-refractivity contribution in [3.63, 3.8) is 0 Å². The zero-order valence-corrected chi connectivity index (χ0v) is 18.3. The summed E-state index contributed by atoms with van der Waals surface area (Å²) in [6, 6.07) is 8.18. The predicted octanol–water partition coefficient (Wildman–Crippen LogP) is 3.96. The van der Waals surface area contributed by atoms with E-state index in [2.05, 4.69) is 16.2 Å². The van der Waals surface area contributed by atoms with E-state index >= 15 is 0 Å². The molecule has 0 amide bonds. The molecule has 1 heterocycles. The van der Waals surface area contributed by atoms with E-state index in [1.165, 1.54) is 10.4 Å². The number of hydrogen-bond donors (Lipinski definition) is 1. The van der Waals surface area contributed by atoms with Gasteiger partial charge in [-0.25, -0.2) is 8.78 Å².